The Bertz CT molecular complexity index is 202. The first kappa shape index (κ1) is 6.01. The summed E-state index contributed by atoms with van der Waals surface area (Å²) >= 11 is 0. The van der Waals surface area contributed by atoms with Crippen LogP contribution < -0.4 is 0 Å². The van der Waals surface area contributed by atoms with Crippen molar-refractivity contribution >= 4 is 11.6 Å². The number of carbonyl (C=O) groups excluding carboxylic acids is 2. The molecule has 1 rings (SSSR count). The second-order valence-electron chi connectivity index (χ2n) is 2.02. The Hall–Kier alpha value is -1.12. The van der Waals surface area contributed by atoms with Gasteiger partial charge in [0.2, 0.25) is 5.78 Å². The van der Waals surface area contributed by atoms with Crippen LogP contribution in [0.1, 0.15) is 6.92 Å². The van der Waals surface area contributed by atoms with Crippen LogP contribution in [-0.2, 0) is 9.59 Å². The van der Waals surface area contributed by atoms with Gasteiger partial charge in [0, 0.05) is 6.08 Å². The number of Topliss-reactive ketones (excluding diaryl/α,β-unsaturated/α-hetero) is 1. The maximum Gasteiger partial charge on any atom is 0.207 e. The minimum absolute atomic E-state index is 0.308. The first-order valence-electron chi connectivity index (χ1n) is 2.61. The molecule has 0 fully saturated rings. The van der Waals surface area contributed by atoms with E-state index < -0.39 is 17.5 Å². The first-order valence-corrected chi connectivity index (χ1v) is 2.61. The van der Waals surface area contributed by atoms with Crippen molar-refractivity contribution in [2.24, 2.45) is 5.92 Å². The molecule has 1 atom stereocenters. The molecule has 0 amide bonds. The van der Waals surface area contributed by atoms with Gasteiger partial charge in [0.15, 0.2) is 11.5 Å². The zero-order valence-electron chi connectivity index (χ0n) is 4.92. The van der Waals surface area contributed by atoms with Crippen LogP contribution in [0, 0.1) is 5.92 Å². The third-order valence-corrected chi connectivity index (χ3v) is 1.35. The molecule has 0 aromatic rings. The third kappa shape index (κ3) is 0.740. The van der Waals surface area contributed by atoms with Gasteiger partial charge in [-0.1, -0.05) is 0 Å². The van der Waals surface area contributed by atoms with Gasteiger partial charge in [-0.2, -0.15) is 0 Å². The van der Waals surface area contributed by atoms with Crippen molar-refractivity contribution < 1.29 is 14.7 Å². The molecule has 48 valence electrons. The summed E-state index contributed by atoms with van der Waals surface area (Å²) in [6.45, 7) is 1.48. The van der Waals surface area contributed by atoms with Gasteiger partial charge in [-0.15, -0.1) is 0 Å². The molecule has 0 unspecified atom stereocenters. The van der Waals surface area contributed by atoms with Gasteiger partial charge in [0.05, 0.1) is 5.92 Å². The lowest BCUT2D eigenvalue weighted by molar-refractivity contribution is -0.126. The van der Waals surface area contributed by atoms with Crippen LogP contribution in [0.3, 0.4) is 0 Å². The molecular weight excluding hydrogens is 120 g/mol. The maximum absolute atomic E-state index is 10.6. The molecule has 0 saturated heterocycles. The molecule has 1 aliphatic rings. The van der Waals surface area contributed by atoms with Gasteiger partial charge < -0.3 is 5.11 Å². The van der Waals surface area contributed by atoms with E-state index >= 15 is 0 Å². The Morgan fingerprint density at radius 2 is 2.11 bits per heavy atom. The molecule has 0 bridgehead atoms. The molecule has 0 radical (unpaired) electrons. The number of carbonyl (C=O) groups is 2. The van der Waals surface area contributed by atoms with Crippen molar-refractivity contribution in [1.29, 1.82) is 0 Å². The van der Waals surface area contributed by atoms with Crippen LogP contribution >= 0.6 is 0 Å². The molecule has 0 aliphatic heterocycles. The molecule has 9 heavy (non-hydrogen) atoms. The van der Waals surface area contributed by atoms with E-state index in [4.69, 9.17) is 5.11 Å². The van der Waals surface area contributed by atoms with Crippen LogP contribution in [0.25, 0.3) is 0 Å². The Morgan fingerprint density at radius 3 is 2.22 bits per heavy atom. The van der Waals surface area contributed by atoms with E-state index in [1.165, 1.54) is 6.92 Å². The average Bonchev–Trinajstić information content (AvgIpc) is 1.98. The number of hydrogen-bond donors (Lipinski definition) is 1. The molecule has 0 saturated carbocycles. The van der Waals surface area contributed by atoms with E-state index in [-0.39, 0.29) is 5.78 Å². The molecule has 0 aromatic carbocycles. The van der Waals surface area contributed by atoms with Gasteiger partial charge in [0.1, 0.15) is 0 Å². The third-order valence-electron chi connectivity index (χ3n) is 1.35. The highest BCUT2D eigenvalue weighted by molar-refractivity contribution is 6.20. The minimum Gasteiger partial charge on any atom is -0.504 e. The van der Waals surface area contributed by atoms with E-state index in [9.17, 15) is 9.59 Å². The number of allylic oxidation sites excluding steroid dienone is 2. The lowest BCUT2D eigenvalue weighted by atomic mass is 10.1. The Kier molecular flexibility index (Phi) is 1.12. The normalized spacial score (nSPS) is 26.8. The Labute approximate surface area is 52.0 Å². The van der Waals surface area contributed by atoms with Crippen molar-refractivity contribution in [3.05, 3.63) is 11.8 Å². The quantitative estimate of drug-likeness (QED) is 0.472. The molecule has 0 heterocycles. The Morgan fingerprint density at radius 1 is 1.56 bits per heavy atom. The van der Waals surface area contributed by atoms with Crippen LogP contribution in [0.5, 0.6) is 0 Å². The summed E-state index contributed by atoms with van der Waals surface area (Å²) in [4.78, 5) is 21.1. The zero-order valence-corrected chi connectivity index (χ0v) is 4.92. The van der Waals surface area contributed by atoms with E-state index in [1.54, 1.807) is 0 Å². The lowest BCUT2D eigenvalue weighted by Gasteiger charge is -1.92. The van der Waals surface area contributed by atoms with Gasteiger partial charge in [-0.25, -0.2) is 0 Å². The van der Waals surface area contributed by atoms with Gasteiger partial charge in [0.25, 0.3) is 0 Å². The molecule has 1 aliphatic carbocycles. The second-order valence-corrected chi connectivity index (χ2v) is 2.02. The minimum atomic E-state index is -0.662. The smallest absolute Gasteiger partial charge is 0.207 e. The highest BCUT2D eigenvalue weighted by Crippen LogP contribution is 2.13. The van der Waals surface area contributed by atoms with Crippen LogP contribution in [0.4, 0.5) is 0 Å². The maximum atomic E-state index is 10.6. The summed E-state index contributed by atoms with van der Waals surface area (Å²) in [5, 5.41) is 8.63. The van der Waals surface area contributed by atoms with Crippen molar-refractivity contribution in [1.82, 2.24) is 0 Å². The fourth-order valence-electron chi connectivity index (χ4n) is 0.682. The van der Waals surface area contributed by atoms with Crippen molar-refractivity contribution in [2.75, 3.05) is 0 Å². The fraction of sp³-hybridized carbons (Fsp3) is 0.333. The predicted molar refractivity (Wildman–Crippen MR) is 29.9 cm³/mol. The Balaban J connectivity index is 2.95. The number of aliphatic hydroxyl groups is 1. The van der Waals surface area contributed by atoms with E-state index in [1.807, 2.05) is 0 Å². The number of aliphatic hydroxyl groups excluding tert-OH is 1. The second kappa shape index (κ2) is 1.69. The molecular formula is C6H6O3. The fourth-order valence-corrected chi connectivity index (χ4v) is 0.682. The highest BCUT2D eigenvalue weighted by Gasteiger charge is 2.29. The van der Waals surface area contributed by atoms with Crippen LogP contribution in [0.2, 0.25) is 0 Å². The standard InChI is InChI=1S/C6H6O3/c1-3-4(7)2-5(8)6(3)9/h2-3,8H,1H3/t3-/m0/s1. The summed E-state index contributed by atoms with van der Waals surface area (Å²) in [7, 11) is 0. The number of ketones is 2. The molecule has 1 N–H and O–H groups in total. The SMILES string of the molecule is C[C@H]1C(=O)C=C(O)C1=O. The van der Waals surface area contributed by atoms with Crippen molar-refractivity contribution in [3.63, 3.8) is 0 Å². The van der Waals surface area contributed by atoms with E-state index in [0.29, 0.717) is 0 Å². The summed E-state index contributed by atoms with van der Waals surface area (Å²) < 4.78 is 0. The van der Waals surface area contributed by atoms with Crippen molar-refractivity contribution in [2.45, 2.75) is 6.92 Å². The topological polar surface area (TPSA) is 54.4 Å². The van der Waals surface area contributed by atoms with E-state index in [2.05, 4.69) is 0 Å². The largest absolute Gasteiger partial charge is 0.504 e. The number of rotatable bonds is 0. The van der Waals surface area contributed by atoms with Crippen LogP contribution in [0.15, 0.2) is 11.8 Å². The monoisotopic (exact) mass is 126 g/mol. The molecule has 0 aromatic heterocycles. The highest BCUT2D eigenvalue weighted by atomic mass is 16.3. The van der Waals surface area contributed by atoms with Crippen LogP contribution in [-0.4, -0.2) is 16.7 Å². The molecule has 3 heteroatoms. The molecule has 3 nitrogen and oxygen atoms in total. The molecule has 0 spiro atoms. The van der Waals surface area contributed by atoms with Gasteiger partial charge in [-0.3, -0.25) is 9.59 Å². The van der Waals surface area contributed by atoms with Gasteiger partial charge >= 0.3 is 0 Å². The summed E-state index contributed by atoms with van der Waals surface area (Å²) in [5.74, 6) is -1.85. The summed E-state index contributed by atoms with van der Waals surface area (Å²) in [5.41, 5.74) is 0. The van der Waals surface area contributed by atoms with Crippen molar-refractivity contribution in [3.8, 4) is 0 Å². The van der Waals surface area contributed by atoms with E-state index in [0.717, 1.165) is 6.08 Å². The summed E-state index contributed by atoms with van der Waals surface area (Å²) in [6.07, 6.45) is 0.965. The zero-order chi connectivity index (χ0) is 7.02. The lowest BCUT2D eigenvalue weighted by Crippen LogP contribution is -2.11. The van der Waals surface area contributed by atoms with Gasteiger partial charge in [-0.05, 0) is 6.92 Å². The first-order chi connectivity index (χ1) is 4.13. The number of hydrogen-bond acceptors (Lipinski definition) is 3. The average molecular weight is 126 g/mol. The summed E-state index contributed by atoms with van der Waals surface area (Å²) in [6, 6.07) is 0. The predicted octanol–water partition coefficient (Wildman–Crippen LogP) is 0.216.